The maximum Gasteiger partial charge on any atom is 0.183 e. The molecule has 19 heavy (non-hydrogen) atoms. The predicted molar refractivity (Wildman–Crippen MR) is 76.0 cm³/mol. The number of aromatic nitrogens is 3. The summed E-state index contributed by atoms with van der Waals surface area (Å²) in [6, 6.07) is 6.57. The zero-order valence-electron chi connectivity index (χ0n) is 9.95. The van der Waals surface area contributed by atoms with Gasteiger partial charge in [-0.1, -0.05) is 11.6 Å². The lowest BCUT2D eigenvalue weighted by atomic mass is 10.2. The number of aromatic amines is 1. The Morgan fingerprint density at radius 2 is 2.16 bits per heavy atom. The van der Waals surface area contributed by atoms with Crippen molar-refractivity contribution in [2.45, 2.75) is 6.92 Å². The molecule has 0 bridgehead atoms. The number of hydrogen-bond donors (Lipinski definition) is 1. The molecule has 0 radical (unpaired) electrons. The molecule has 0 aliphatic heterocycles. The summed E-state index contributed by atoms with van der Waals surface area (Å²) in [6.45, 7) is 1.71. The van der Waals surface area contributed by atoms with E-state index in [4.69, 9.17) is 23.8 Å². The second kappa shape index (κ2) is 4.43. The van der Waals surface area contributed by atoms with Crippen molar-refractivity contribution in [1.82, 2.24) is 14.5 Å². The fourth-order valence-corrected chi connectivity index (χ4v) is 2.44. The van der Waals surface area contributed by atoms with Crippen LogP contribution in [0, 0.1) is 17.5 Å². The van der Waals surface area contributed by atoms with Gasteiger partial charge in [0, 0.05) is 6.20 Å². The van der Waals surface area contributed by atoms with Crippen LogP contribution in [0.15, 0.2) is 30.5 Å². The van der Waals surface area contributed by atoms with Crippen LogP contribution in [0.3, 0.4) is 0 Å². The molecule has 2 heterocycles. The summed E-state index contributed by atoms with van der Waals surface area (Å²) >= 11 is 11.2. The van der Waals surface area contributed by atoms with Crippen molar-refractivity contribution in [3.63, 3.8) is 0 Å². The van der Waals surface area contributed by atoms with Crippen LogP contribution in [-0.2, 0) is 0 Å². The molecule has 0 aliphatic rings. The maximum atomic E-state index is 13.3. The number of halogens is 2. The van der Waals surface area contributed by atoms with Gasteiger partial charge in [-0.15, -0.1) is 0 Å². The van der Waals surface area contributed by atoms with E-state index < -0.39 is 0 Å². The van der Waals surface area contributed by atoms with Crippen LogP contribution in [0.4, 0.5) is 4.39 Å². The molecule has 0 fully saturated rings. The van der Waals surface area contributed by atoms with Gasteiger partial charge in [-0.05, 0) is 49.0 Å². The van der Waals surface area contributed by atoms with Crippen LogP contribution in [-0.4, -0.2) is 14.5 Å². The Morgan fingerprint density at radius 1 is 1.37 bits per heavy atom. The minimum absolute atomic E-state index is 0.244. The fourth-order valence-electron chi connectivity index (χ4n) is 1.98. The van der Waals surface area contributed by atoms with Crippen molar-refractivity contribution in [3.8, 4) is 5.69 Å². The molecule has 1 N–H and O–H groups in total. The average molecular weight is 294 g/mol. The molecular weight excluding hydrogens is 285 g/mol. The lowest BCUT2D eigenvalue weighted by Gasteiger charge is -2.05. The first-order valence-corrected chi connectivity index (χ1v) is 6.37. The third-order valence-electron chi connectivity index (χ3n) is 2.89. The first-order chi connectivity index (χ1) is 9.06. The first kappa shape index (κ1) is 12.3. The minimum Gasteiger partial charge on any atom is -0.329 e. The van der Waals surface area contributed by atoms with E-state index in [2.05, 4.69) is 9.97 Å². The van der Waals surface area contributed by atoms with Crippen LogP contribution in [0.2, 0.25) is 5.02 Å². The summed E-state index contributed by atoms with van der Waals surface area (Å²) in [5, 5.41) is 0.534. The van der Waals surface area contributed by atoms with Crippen LogP contribution in [0.25, 0.3) is 16.9 Å². The minimum atomic E-state index is -0.244. The highest BCUT2D eigenvalue weighted by Gasteiger charge is 2.09. The highest BCUT2D eigenvalue weighted by molar-refractivity contribution is 7.71. The molecule has 3 nitrogen and oxygen atoms in total. The van der Waals surface area contributed by atoms with Crippen molar-refractivity contribution < 1.29 is 4.39 Å². The summed E-state index contributed by atoms with van der Waals surface area (Å²) in [5.41, 5.74) is 2.74. The number of aryl methyl sites for hydroxylation is 1. The van der Waals surface area contributed by atoms with Crippen LogP contribution in [0.5, 0.6) is 0 Å². The summed E-state index contributed by atoms with van der Waals surface area (Å²) in [4.78, 5) is 7.31. The second-order valence-corrected chi connectivity index (χ2v) is 5.05. The molecule has 0 aliphatic carbocycles. The van der Waals surface area contributed by atoms with Crippen molar-refractivity contribution in [1.29, 1.82) is 0 Å². The molecule has 0 spiro atoms. The van der Waals surface area contributed by atoms with Gasteiger partial charge in [-0.3, -0.25) is 4.57 Å². The Hall–Kier alpha value is -1.72. The Bertz CT molecular complexity index is 838. The van der Waals surface area contributed by atoms with Gasteiger partial charge in [0.05, 0.1) is 16.2 Å². The normalized spacial score (nSPS) is 11.1. The van der Waals surface area contributed by atoms with E-state index in [1.54, 1.807) is 35.9 Å². The van der Waals surface area contributed by atoms with Gasteiger partial charge in [0.15, 0.2) is 10.4 Å². The molecule has 0 amide bonds. The SMILES string of the molecule is Cc1cc(-n2c(=S)[nH]c3cc(Cl)cnc32)ccc1F. The molecule has 0 saturated heterocycles. The van der Waals surface area contributed by atoms with E-state index in [1.165, 1.54) is 6.07 Å². The smallest absolute Gasteiger partial charge is 0.183 e. The number of rotatable bonds is 1. The van der Waals surface area contributed by atoms with E-state index in [-0.39, 0.29) is 5.82 Å². The Kier molecular flexibility index (Phi) is 2.88. The molecular formula is C13H9ClFN3S. The second-order valence-electron chi connectivity index (χ2n) is 4.22. The number of H-pyrrole nitrogens is 1. The van der Waals surface area contributed by atoms with Crippen LogP contribution >= 0.6 is 23.8 Å². The molecule has 3 rings (SSSR count). The quantitative estimate of drug-likeness (QED) is 0.683. The van der Waals surface area contributed by atoms with E-state index in [1.807, 2.05) is 0 Å². The van der Waals surface area contributed by atoms with Crippen molar-refractivity contribution in [2.75, 3.05) is 0 Å². The number of pyridine rings is 1. The molecule has 6 heteroatoms. The van der Waals surface area contributed by atoms with Gasteiger partial charge >= 0.3 is 0 Å². The monoisotopic (exact) mass is 293 g/mol. The summed E-state index contributed by atoms with van der Waals surface area (Å²) < 4.78 is 15.6. The zero-order chi connectivity index (χ0) is 13.6. The molecule has 0 unspecified atom stereocenters. The highest BCUT2D eigenvalue weighted by atomic mass is 35.5. The molecule has 3 aromatic rings. The van der Waals surface area contributed by atoms with E-state index in [9.17, 15) is 4.39 Å². The van der Waals surface area contributed by atoms with Crippen molar-refractivity contribution in [3.05, 3.63) is 51.6 Å². The standard InChI is InChI=1S/C13H9ClFN3S/c1-7-4-9(2-3-10(7)15)18-12-11(17-13(18)19)5-8(14)6-16-12/h2-6H,1H3,(H,17,19). The molecule has 0 atom stereocenters. The first-order valence-electron chi connectivity index (χ1n) is 5.59. The molecule has 2 aromatic heterocycles. The van der Waals surface area contributed by atoms with Crippen molar-refractivity contribution in [2.24, 2.45) is 0 Å². The topological polar surface area (TPSA) is 33.6 Å². The number of imidazole rings is 1. The molecule has 1 aromatic carbocycles. The van der Waals surface area contributed by atoms with Gasteiger partial charge in [0.2, 0.25) is 0 Å². The number of hydrogen-bond acceptors (Lipinski definition) is 2. The Balaban J connectivity index is 2.32. The van der Waals surface area contributed by atoms with E-state index in [0.29, 0.717) is 21.0 Å². The summed E-state index contributed by atoms with van der Waals surface area (Å²) in [5.74, 6) is -0.244. The number of nitrogens with zero attached hydrogens (tertiary/aromatic N) is 2. The lowest BCUT2D eigenvalue weighted by molar-refractivity contribution is 0.618. The number of nitrogens with one attached hydrogen (secondary N) is 1. The van der Waals surface area contributed by atoms with E-state index >= 15 is 0 Å². The predicted octanol–water partition coefficient (Wildman–Crippen LogP) is 4.18. The number of benzene rings is 1. The largest absolute Gasteiger partial charge is 0.329 e. The fraction of sp³-hybridized carbons (Fsp3) is 0.0769. The third kappa shape index (κ3) is 2.05. The highest BCUT2D eigenvalue weighted by Crippen LogP contribution is 2.21. The van der Waals surface area contributed by atoms with Gasteiger partial charge < -0.3 is 4.98 Å². The van der Waals surface area contributed by atoms with Gasteiger partial charge in [0.25, 0.3) is 0 Å². The van der Waals surface area contributed by atoms with Gasteiger partial charge in [-0.2, -0.15) is 0 Å². The summed E-state index contributed by atoms with van der Waals surface area (Å²) in [6.07, 6.45) is 1.55. The Labute approximate surface area is 118 Å². The Morgan fingerprint density at radius 3 is 2.89 bits per heavy atom. The number of fused-ring (bicyclic) bond motifs is 1. The zero-order valence-corrected chi connectivity index (χ0v) is 11.5. The average Bonchev–Trinajstić information content (AvgIpc) is 2.68. The van der Waals surface area contributed by atoms with Crippen molar-refractivity contribution >= 4 is 35.0 Å². The third-order valence-corrected chi connectivity index (χ3v) is 3.38. The maximum absolute atomic E-state index is 13.3. The molecule has 0 saturated carbocycles. The molecule has 96 valence electrons. The van der Waals surface area contributed by atoms with E-state index in [0.717, 1.165) is 11.2 Å². The van der Waals surface area contributed by atoms with Crippen LogP contribution in [0.1, 0.15) is 5.56 Å². The van der Waals surface area contributed by atoms with Crippen LogP contribution < -0.4 is 0 Å². The van der Waals surface area contributed by atoms with Gasteiger partial charge in [-0.25, -0.2) is 9.37 Å². The van der Waals surface area contributed by atoms with Gasteiger partial charge in [0.1, 0.15) is 5.82 Å². The lowest BCUT2D eigenvalue weighted by Crippen LogP contribution is -1.97. The summed E-state index contributed by atoms with van der Waals surface area (Å²) in [7, 11) is 0.